The molecule has 0 unspecified atom stereocenters. The molecular weight excluding hydrogens is 254 g/mol. The molecule has 0 aliphatic heterocycles. The van der Waals surface area contributed by atoms with Gasteiger partial charge in [0.05, 0.1) is 12.8 Å². The van der Waals surface area contributed by atoms with Gasteiger partial charge in [0.25, 0.3) is 0 Å². The van der Waals surface area contributed by atoms with E-state index < -0.39 is 0 Å². The highest BCUT2D eigenvalue weighted by Gasteiger charge is 2.05. The minimum absolute atomic E-state index is 0.380. The summed E-state index contributed by atoms with van der Waals surface area (Å²) in [6.45, 7) is 0. The molecule has 0 atom stereocenters. The van der Waals surface area contributed by atoms with Crippen LogP contribution < -0.4 is 15.7 Å². The van der Waals surface area contributed by atoms with Crippen LogP contribution >= 0.6 is 0 Å². The van der Waals surface area contributed by atoms with Crippen molar-refractivity contribution >= 4 is 22.3 Å². The summed E-state index contributed by atoms with van der Waals surface area (Å²) in [7, 11) is 1.62. The Labute approximate surface area is 115 Å². The second-order valence-electron chi connectivity index (χ2n) is 4.33. The van der Waals surface area contributed by atoms with Gasteiger partial charge >= 0.3 is 5.63 Å². The fourth-order valence-electron chi connectivity index (χ4n) is 2.07. The van der Waals surface area contributed by atoms with Crippen molar-refractivity contribution in [3.05, 3.63) is 65.0 Å². The molecule has 1 N–H and O–H groups in total. The number of nitrogens with one attached hydrogen (secondary N) is 1. The summed E-state index contributed by atoms with van der Waals surface area (Å²) in [6.07, 6.45) is 0. The van der Waals surface area contributed by atoms with Crippen LogP contribution in [0.4, 0.5) is 11.4 Å². The molecule has 100 valence electrons. The maximum Gasteiger partial charge on any atom is 0.338 e. The molecule has 0 saturated carbocycles. The highest BCUT2D eigenvalue weighted by atomic mass is 16.5. The van der Waals surface area contributed by atoms with Crippen molar-refractivity contribution in [1.29, 1.82) is 0 Å². The van der Waals surface area contributed by atoms with Crippen LogP contribution in [0.5, 0.6) is 5.75 Å². The van der Waals surface area contributed by atoms with Gasteiger partial charge in [-0.1, -0.05) is 18.2 Å². The van der Waals surface area contributed by atoms with Gasteiger partial charge in [-0.15, -0.1) is 0 Å². The van der Waals surface area contributed by atoms with Crippen LogP contribution in [0.15, 0.2) is 63.8 Å². The second-order valence-corrected chi connectivity index (χ2v) is 4.33. The molecule has 1 heterocycles. The second kappa shape index (κ2) is 5.09. The predicted molar refractivity (Wildman–Crippen MR) is 78.8 cm³/mol. The first kappa shape index (κ1) is 12.3. The average Bonchev–Trinajstić information content (AvgIpc) is 2.47. The number of anilines is 2. The van der Waals surface area contributed by atoms with Crippen molar-refractivity contribution in [3.63, 3.8) is 0 Å². The third kappa shape index (κ3) is 2.36. The van der Waals surface area contributed by atoms with Gasteiger partial charge in [-0.05, 0) is 24.3 Å². The Morgan fingerprint density at radius 3 is 2.75 bits per heavy atom. The smallest absolute Gasteiger partial charge is 0.338 e. The zero-order valence-corrected chi connectivity index (χ0v) is 10.9. The molecular formula is C16H13NO3. The van der Waals surface area contributed by atoms with E-state index in [-0.39, 0.29) is 5.63 Å². The van der Waals surface area contributed by atoms with E-state index in [9.17, 15) is 4.79 Å². The number of ether oxygens (including phenoxy) is 1. The molecule has 0 aliphatic carbocycles. The molecule has 3 aromatic rings. The molecule has 0 radical (unpaired) electrons. The number of hydrogen-bond acceptors (Lipinski definition) is 4. The first-order valence-corrected chi connectivity index (χ1v) is 6.20. The summed E-state index contributed by atoms with van der Waals surface area (Å²) in [4.78, 5) is 11.6. The summed E-state index contributed by atoms with van der Waals surface area (Å²) in [5.41, 5.74) is 1.74. The van der Waals surface area contributed by atoms with Crippen LogP contribution in [0, 0.1) is 0 Å². The number of hydrogen-bond donors (Lipinski definition) is 1. The van der Waals surface area contributed by atoms with Crippen LogP contribution in [0.3, 0.4) is 0 Å². The van der Waals surface area contributed by atoms with Crippen molar-refractivity contribution in [1.82, 2.24) is 0 Å². The number of para-hydroxylation sites is 1. The Bertz CT molecular complexity index is 808. The third-order valence-corrected chi connectivity index (χ3v) is 3.00. The zero-order valence-electron chi connectivity index (χ0n) is 10.9. The van der Waals surface area contributed by atoms with E-state index in [0.717, 1.165) is 16.8 Å². The van der Waals surface area contributed by atoms with E-state index in [2.05, 4.69) is 5.32 Å². The Morgan fingerprint density at radius 2 is 1.90 bits per heavy atom. The first-order valence-electron chi connectivity index (χ1n) is 6.20. The molecule has 0 bridgehead atoms. The molecule has 0 fully saturated rings. The molecule has 0 aliphatic rings. The summed E-state index contributed by atoms with van der Waals surface area (Å²) >= 11 is 0. The maximum absolute atomic E-state index is 11.6. The normalized spacial score (nSPS) is 10.4. The van der Waals surface area contributed by atoms with Crippen LogP contribution in [-0.2, 0) is 0 Å². The molecule has 0 saturated heterocycles. The topological polar surface area (TPSA) is 51.5 Å². The van der Waals surface area contributed by atoms with Crippen molar-refractivity contribution in [2.75, 3.05) is 12.4 Å². The summed E-state index contributed by atoms with van der Waals surface area (Å²) in [5.74, 6) is 0.752. The number of methoxy groups -OCH3 is 1. The van der Waals surface area contributed by atoms with Crippen LogP contribution in [0.2, 0.25) is 0 Å². The standard InChI is InChI=1S/C16H13NO3/c1-19-12-6-4-5-11(9-12)17-14-10-16(18)20-15-8-3-2-7-13(14)15/h2-10,17H,1H3. The fraction of sp³-hybridized carbons (Fsp3) is 0.0625. The predicted octanol–water partition coefficient (Wildman–Crippen LogP) is 3.55. The van der Waals surface area contributed by atoms with Gasteiger partial charge in [-0.3, -0.25) is 0 Å². The van der Waals surface area contributed by atoms with Gasteiger partial charge in [0.1, 0.15) is 11.3 Å². The fourth-order valence-corrected chi connectivity index (χ4v) is 2.07. The third-order valence-electron chi connectivity index (χ3n) is 3.00. The lowest BCUT2D eigenvalue weighted by atomic mass is 10.2. The van der Waals surface area contributed by atoms with Crippen molar-refractivity contribution < 1.29 is 9.15 Å². The van der Waals surface area contributed by atoms with Crippen LogP contribution in [0.1, 0.15) is 0 Å². The van der Waals surface area contributed by atoms with E-state index in [1.807, 2.05) is 42.5 Å². The monoisotopic (exact) mass is 267 g/mol. The van der Waals surface area contributed by atoms with Gasteiger partial charge in [0.2, 0.25) is 0 Å². The molecule has 3 rings (SSSR count). The largest absolute Gasteiger partial charge is 0.497 e. The van der Waals surface area contributed by atoms with Crippen molar-refractivity contribution in [2.45, 2.75) is 0 Å². The summed E-state index contributed by atoms with van der Waals surface area (Å²) < 4.78 is 10.3. The lowest BCUT2D eigenvalue weighted by molar-refractivity contribution is 0.415. The molecule has 2 aromatic carbocycles. The van der Waals surface area contributed by atoms with E-state index in [1.165, 1.54) is 6.07 Å². The van der Waals surface area contributed by atoms with Gasteiger partial charge in [0, 0.05) is 23.2 Å². The number of benzene rings is 2. The Balaban J connectivity index is 2.08. The Hall–Kier alpha value is -2.75. The zero-order chi connectivity index (χ0) is 13.9. The van der Waals surface area contributed by atoms with E-state index in [1.54, 1.807) is 13.2 Å². The van der Waals surface area contributed by atoms with Gasteiger partial charge in [-0.2, -0.15) is 0 Å². The van der Waals surface area contributed by atoms with Crippen molar-refractivity contribution in [2.24, 2.45) is 0 Å². The highest BCUT2D eigenvalue weighted by Crippen LogP contribution is 2.26. The molecule has 0 spiro atoms. The van der Waals surface area contributed by atoms with E-state index in [0.29, 0.717) is 11.3 Å². The minimum atomic E-state index is -0.380. The average molecular weight is 267 g/mol. The SMILES string of the molecule is COc1cccc(Nc2cc(=O)oc3ccccc23)c1. The minimum Gasteiger partial charge on any atom is -0.497 e. The van der Waals surface area contributed by atoms with E-state index in [4.69, 9.17) is 9.15 Å². The van der Waals surface area contributed by atoms with Gasteiger partial charge in [-0.25, -0.2) is 4.79 Å². The molecule has 20 heavy (non-hydrogen) atoms. The Morgan fingerprint density at radius 1 is 1.05 bits per heavy atom. The highest BCUT2D eigenvalue weighted by molar-refractivity contribution is 5.91. The maximum atomic E-state index is 11.6. The summed E-state index contributed by atoms with van der Waals surface area (Å²) in [5, 5.41) is 4.08. The van der Waals surface area contributed by atoms with Crippen molar-refractivity contribution in [3.8, 4) is 5.75 Å². The van der Waals surface area contributed by atoms with Crippen LogP contribution in [-0.4, -0.2) is 7.11 Å². The molecule has 0 amide bonds. The lowest BCUT2D eigenvalue weighted by Crippen LogP contribution is -2.01. The molecule has 4 nitrogen and oxygen atoms in total. The molecule has 4 heteroatoms. The number of rotatable bonds is 3. The van der Waals surface area contributed by atoms with Crippen LogP contribution in [0.25, 0.3) is 11.0 Å². The van der Waals surface area contributed by atoms with E-state index >= 15 is 0 Å². The summed E-state index contributed by atoms with van der Waals surface area (Å²) in [6, 6.07) is 16.4. The number of fused-ring (bicyclic) bond motifs is 1. The lowest BCUT2D eigenvalue weighted by Gasteiger charge is -2.09. The quantitative estimate of drug-likeness (QED) is 0.737. The first-order chi connectivity index (χ1) is 9.76. The van der Waals surface area contributed by atoms with Gasteiger partial charge in [0.15, 0.2) is 0 Å². The molecule has 1 aromatic heterocycles. The van der Waals surface area contributed by atoms with Gasteiger partial charge < -0.3 is 14.5 Å². The Kier molecular flexibility index (Phi) is 3.13.